The van der Waals surface area contributed by atoms with Crippen molar-refractivity contribution in [3.63, 3.8) is 0 Å². The molecule has 2 heteroatoms. The predicted molar refractivity (Wildman–Crippen MR) is 66.3 cm³/mol. The summed E-state index contributed by atoms with van der Waals surface area (Å²) in [7, 11) is 1.78. The highest BCUT2D eigenvalue weighted by molar-refractivity contribution is 5.99. The van der Waals surface area contributed by atoms with Crippen molar-refractivity contribution in [3.8, 4) is 0 Å². The van der Waals surface area contributed by atoms with Crippen molar-refractivity contribution >= 4 is 5.78 Å². The standard InChI is InChI=1S/C15H18O2/c1-17-14-7-6-11-8-13(5-4-12(11)9-14)15(16)10-2-3-10/h4-5,8,10,14H,2-3,6-7,9H2,1H3. The third-order valence-corrected chi connectivity index (χ3v) is 3.96. The number of benzene rings is 1. The lowest BCUT2D eigenvalue weighted by Crippen LogP contribution is -2.21. The van der Waals surface area contributed by atoms with Crippen molar-refractivity contribution in [1.82, 2.24) is 0 Å². The Balaban J connectivity index is 1.84. The van der Waals surface area contributed by atoms with Gasteiger partial charge in [-0.15, -0.1) is 0 Å². The number of ether oxygens (including phenoxy) is 1. The maximum Gasteiger partial charge on any atom is 0.165 e. The van der Waals surface area contributed by atoms with Gasteiger partial charge in [0, 0.05) is 18.6 Å². The topological polar surface area (TPSA) is 26.3 Å². The van der Waals surface area contributed by atoms with Gasteiger partial charge in [0.25, 0.3) is 0 Å². The van der Waals surface area contributed by atoms with E-state index in [4.69, 9.17) is 4.74 Å². The fraction of sp³-hybridized carbons (Fsp3) is 0.533. The van der Waals surface area contributed by atoms with E-state index in [2.05, 4.69) is 12.1 Å². The zero-order chi connectivity index (χ0) is 11.8. The first-order valence-electron chi connectivity index (χ1n) is 6.46. The summed E-state index contributed by atoms with van der Waals surface area (Å²) in [5, 5.41) is 0. The summed E-state index contributed by atoms with van der Waals surface area (Å²) >= 11 is 0. The Hall–Kier alpha value is -1.15. The molecule has 0 amide bonds. The summed E-state index contributed by atoms with van der Waals surface area (Å²) in [5.74, 6) is 0.671. The predicted octanol–water partition coefficient (Wildman–Crippen LogP) is 2.78. The Morgan fingerprint density at radius 1 is 1.24 bits per heavy atom. The first-order valence-corrected chi connectivity index (χ1v) is 6.46. The quantitative estimate of drug-likeness (QED) is 0.746. The smallest absolute Gasteiger partial charge is 0.165 e. The van der Waals surface area contributed by atoms with Crippen LogP contribution in [0, 0.1) is 5.92 Å². The Morgan fingerprint density at radius 3 is 2.76 bits per heavy atom. The van der Waals surface area contributed by atoms with E-state index < -0.39 is 0 Å². The summed E-state index contributed by atoms with van der Waals surface area (Å²) in [6, 6.07) is 6.23. The van der Waals surface area contributed by atoms with E-state index in [-0.39, 0.29) is 0 Å². The van der Waals surface area contributed by atoms with Gasteiger partial charge in [0.2, 0.25) is 0 Å². The number of hydrogen-bond donors (Lipinski definition) is 0. The van der Waals surface area contributed by atoms with Crippen LogP contribution in [0.15, 0.2) is 18.2 Å². The van der Waals surface area contributed by atoms with Gasteiger partial charge in [0.15, 0.2) is 5.78 Å². The zero-order valence-electron chi connectivity index (χ0n) is 10.2. The fourth-order valence-corrected chi connectivity index (χ4v) is 2.66. The van der Waals surface area contributed by atoms with Crippen LogP contribution in [0.2, 0.25) is 0 Å². The molecular formula is C15H18O2. The number of carbonyl (C=O) groups is 1. The van der Waals surface area contributed by atoms with E-state index in [1.54, 1.807) is 7.11 Å². The number of ketones is 1. The van der Waals surface area contributed by atoms with E-state index in [9.17, 15) is 4.79 Å². The Bertz CT molecular complexity index is 446. The molecule has 0 aromatic heterocycles. The molecule has 2 aliphatic rings. The van der Waals surface area contributed by atoms with Crippen molar-refractivity contribution < 1.29 is 9.53 Å². The van der Waals surface area contributed by atoms with E-state index in [0.717, 1.165) is 37.7 Å². The highest BCUT2D eigenvalue weighted by Gasteiger charge is 2.31. The number of hydrogen-bond acceptors (Lipinski definition) is 2. The van der Waals surface area contributed by atoms with E-state index in [0.29, 0.717) is 17.8 Å². The van der Waals surface area contributed by atoms with Crippen LogP contribution < -0.4 is 0 Å². The lowest BCUT2D eigenvalue weighted by molar-refractivity contribution is 0.0910. The maximum absolute atomic E-state index is 12.0. The van der Waals surface area contributed by atoms with Crippen LogP contribution in [0.25, 0.3) is 0 Å². The number of Topliss-reactive ketones (excluding diaryl/α,β-unsaturated/α-hetero) is 1. The van der Waals surface area contributed by atoms with E-state index in [1.807, 2.05) is 6.07 Å². The van der Waals surface area contributed by atoms with Crippen molar-refractivity contribution in [3.05, 3.63) is 34.9 Å². The third-order valence-electron chi connectivity index (χ3n) is 3.96. The van der Waals surface area contributed by atoms with E-state index >= 15 is 0 Å². The number of fused-ring (bicyclic) bond motifs is 1. The summed E-state index contributed by atoms with van der Waals surface area (Å²) in [6.07, 6.45) is 5.63. The molecule has 1 aromatic carbocycles. The number of methoxy groups -OCH3 is 1. The molecule has 1 aromatic rings. The second-order valence-corrected chi connectivity index (χ2v) is 5.22. The van der Waals surface area contributed by atoms with Crippen LogP contribution in [-0.2, 0) is 17.6 Å². The summed E-state index contributed by atoms with van der Waals surface area (Å²) < 4.78 is 5.41. The van der Waals surface area contributed by atoms with Gasteiger partial charge < -0.3 is 4.74 Å². The van der Waals surface area contributed by atoms with Gasteiger partial charge in [-0.25, -0.2) is 0 Å². The van der Waals surface area contributed by atoms with Gasteiger partial charge in [-0.05, 0) is 49.3 Å². The summed E-state index contributed by atoms with van der Waals surface area (Å²) in [6.45, 7) is 0. The van der Waals surface area contributed by atoms with Gasteiger partial charge in [0.1, 0.15) is 0 Å². The highest BCUT2D eigenvalue weighted by Crippen LogP contribution is 2.33. The number of aryl methyl sites for hydroxylation is 1. The van der Waals surface area contributed by atoms with E-state index in [1.165, 1.54) is 11.1 Å². The molecule has 0 radical (unpaired) electrons. The van der Waals surface area contributed by atoms with Gasteiger partial charge in [-0.1, -0.05) is 12.1 Å². The van der Waals surface area contributed by atoms with Crippen molar-refractivity contribution in [2.45, 2.75) is 38.2 Å². The molecule has 0 heterocycles. The largest absolute Gasteiger partial charge is 0.381 e. The molecular weight excluding hydrogens is 212 g/mol. The van der Waals surface area contributed by atoms with Crippen molar-refractivity contribution in [1.29, 1.82) is 0 Å². The van der Waals surface area contributed by atoms with Gasteiger partial charge >= 0.3 is 0 Å². The first kappa shape index (κ1) is 11.0. The van der Waals surface area contributed by atoms with Crippen molar-refractivity contribution in [2.24, 2.45) is 5.92 Å². The molecule has 90 valence electrons. The monoisotopic (exact) mass is 230 g/mol. The van der Waals surface area contributed by atoms with Crippen LogP contribution in [0.3, 0.4) is 0 Å². The molecule has 1 saturated carbocycles. The van der Waals surface area contributed by atoms with Crippen LogP contribution in [0.1, 0.15) is 40.7 Å². The van der Waals surface area contributed by atoms with Gasteiger partial charge in [-0.3, -0.25) is 4.79 Å². The van der Waals surface area contributed by atoms with Gasteiger partial charge in [0.05, 0.1) is 6.10 Å². The molecule has 2 nitrogen and oxygen atoms in total. The molecule has 0 aliphatic heterocycles. The number of carbonyl (C=O) groups excluding carboxylic acids is 1. The Morgan fingerprint density at radius 2 is 2.06 bits per heavy atom. The normalized spacial score (nSPS) is 23.2. The van der Waals surface area contributed by atoms with Gasteiger partial charge in [-0.2, -0.15) is 0 Å². The lowest BCUT2D eigenvalue weighted by atomic mass is 9.87. The highest BCUT2D eigenvalue weighted by atomic mass is 16.5. The zero-order valence-corrected chi connectivity index (χ0v) is 10.2. The second-order valence-electron chi connectivity index (χ2n) is 5.22. The fourth-order valence-electron chi connectivity index (χ4n) is 2.66. The van der Waals surface area contributed by atoms with Crippen LogP contribution in [0.4, 0.5) is 0 Å². The first-order chi connectivity index (χ1) is 8.28. The maximum atomic E-state index is 12.0. The molecule has 17 heavy (non-hydrogen) atoms. The number of rotatable bonds is 3. The Labute approximate surface area is 102 Å². The van der Waals surface area contributed by atoms with Crippen molar-refractivity contribution in [2.75, 3.05) is 7.11 Å². The molecule has 0 saturated heterocycles. The SMILES string of the molecule is COC1CCc2cc(C(=O)C3CC3)ccc2C1. The molecule has 1 unspecified atom stereocenters. The minimum Gasteiger partial charge on any atom is -0.381 e. The third kappa shape index (κ3) is 2.14. The minimum absolute atomic E-state index is 0.323. The molecule has 0 spiro atoms. The molecule has 0 N–H and O–H groups in total. The summed E-state index contributed by atoms with van der Waals surface area (Å²) in [4.78, 5) is 12.0. The molecule has 1 fully saturated rings. The average Bonchev–Trinajstić information content (AvgIpc) is 3.21. The lowest BCUT2D eigenvalue weighted by Gasteiger charge is -2.23. The van der Waals surface area contributed by atoms with Crippen LogP contribution in [0.5, 0.6) is 0 Å². The Kier molecular flexibility index (Phi) is 2.75. The molecule has 1 atom stereocenters. The van der Waals surface area contributed by atoms with Crippen LogP contribution >= 0.6 is 0 Å². The minimum atomic E-state index is 0.323. The van der Waals surface area contributed by atoms with Crippen LogP contribution in [-0.4, -0.2) is 19.0 Å². The molecule has 2 aliphatic carbocycles. The molecule has 3 rings (SSSR count). The second kappa shape index (κ2) is 4.26. The average molecular weight is 230 g/mol. The molecule has 0 bridgehead atoms. The summed E-state index contributed by atoms with van der Waals surface area (Å²) in [5.41, 5.74) is 3.63.